The lowest BCUT2D eigenvalue weighted by Gasteiger charge is -2.45. The van der Waals surface area contributed by atoms with Gasteiger partial charge in [0, 0.05) is 29.0 Å². The normalized spacial score (nSPS) is 31.7. The number of nitrogens with zero attached hydrogens (tertiary/aromatic N) is 3. The summed E-state index contributed by atoms with van der Waals surface area (Å²) in [5, 5.41) is 20.5. The van der Waals surface area contributed by atoms with Gasteiger partial charge in [-0.25, -0.2) is 4.90 Å². The molecule has 1 aromatic rings. The third kappa shape index (κ3) is 3.36. The average molecular weight is 394 g/mol. The summed E-state index contributed by atoms with van der Waals surface area (Å²) in [4.78, 5) is 6.30. The van der Waals surface area contributed by atoms with Crippen LogP contribution >= 0.6 is 15.9 Å². The van der Waals surface area contributed by atoms with Gasteiger partial charge in [-0.3, -0.25) is 4.98 Å². The Hall–Kier alpha value is -1.000. The summed E-state index contributed by atoms with van der Waals surface area (Å²) in [7, 11) is 0. The summed E-state index contributed by atoms with van der Waals surface area (Å²) < 4.78 is 6.65. The van der Waals surface area contributed by atoms with Crippen LogP contribution in [0.2, 0.25) is 0 Å². The zero-order chi connectivity index (χ0) is 17.5. The Morgan fingerprint density at radius 1 is 1.38 bits per heavy atom. The number of halogens is 1. The largest absolute Gasteiger partial charge is 0.356 e. The first-order valence-electron chi connectivity index (χ1n) is 8.40. The van der Waals surface area contributed by atoms with E-state index in [9.17, 15) is 10.4 Å². The SMILES string of the molecule is CC(C)(C)OC(O)N1C2CCC1CC(C#N)(c1cncc(Br)c1)C2. The number of ether oxygens (including phenoxy) is 1. The minimum Gasteiger partial charge on any atom is -0.356 e. The predicted octanol–water partition coefficient (Wildman–Crippen LogP) is 3.32. The molecular formula is C18H24BrN3O2. The predicted molar refractivity (Wildman–Crippen MR) is 94.0 cm³/mol. The van der Waals surface area contributed by atoms with Crippen LogP contribution in [0.15, 0.2) is 22.9 Å². The van der Waals surface area contributed by atoms with Crippen LogP contribution in [0.4, 0.5) is 0 Å². The van der Waals surface area contributed by atoms with Crippen molar-refractivity contribution in [2.45, 2.75) is 76.0 Å². The zero-order valence-electron chi connectivity index (χ0n) is 14.4. The van der Waals surface area contributed by atoms with Gasteiger partial charge in [-0.05, 0) is 74.0 Å². The minimum absolute atomic E-state index is 0.153. The van der Waals surface area contributed by atoms with E-state index < -0.39 is 17.4 Å². The molecule has 3 rings (SSSR count). The van der Waals surface area contributed by atoms with Gasteiger partial charge in [0.05, 0.1) is 17.1 Å². The van der Waals surface area contributed by atoms with Crippen molar-refractivity contribution in [3.8, 4) is 6.07 Å². The second kappa shape index (κ2) is 6.38. The van der Waals surface area contributed by atoms with Gasteiger partial charge in [0.1, 0.15) is 0 Å². The van der Waals surface area contributed by atoms with Gasteiger partial charge in [0.2, 0.25) is 6.41 Å². The third-order valence-corrected chi connectivity index (χ3v) is 5.46. The Morgan fingerprint density at radius 2 is 2.00 bits per heavy atom. The van der Waals surface area contributed by atoms with Gasteiger partial charge in [-0.1, -0.05) is 0 Å². The molecule has 2 aliphatic heterocycles. The Morgan fingerprint density at radius 3 is 2.50 bits per heavy atom. The maximum Gasteiger partial charge on any atom is 0.217 e. The van der Waals surface area contributed by atoms with Crippen molar-refractivity contribution in [2.24, 2.45) is 0 Å². The first-order valence-corrected chi connectivity index (χ1v) is 9.19. The monoisotopic (exact) mass is 393 g/mol. The Bertz CT molecular complexity index is 638. The smallest absolute Gasteiger partial charge is 0.217 e. The number of aliphatic hydroxyl groups is 1. The van der Waals surface area contributed by atoms with Gasteiger partial charge in [-0.15, -0.1) is 0 Å². The molecule has 3 unspecified atom stereocenters. The van der Waals surface area contributed by atoms with Crippen LogP contribution in [-0.4, -0.2) is 39.1 Å². The Balaban J connectivity index is 1.85. The van der Waals surface area contributed by atoms with E-state index in [0.29, 0.717) is 12.8 Å². The number of pyridine rings is 1. The van der Waals surface area contributed by atoms with Crippen LogP contribution in [0.1, 0.15) is 52.0 Å². The molecule has 0 aromatic carbocycles. The standard InChI is InChI=1S/C18H24BrN3O2/c1-17(2,3)24-16(23)22-14-4-5-15(22)8-18(7-14,11-20)12-6-13(19)10-21-9-12/h6,9-10,14-16,23H,4-5,7-8H2,1-3H3. The molecule has 0 aliphatic carbocycles. The van der Waals surface area contributed by atoms with Crippen LogP contribution in [0.25, 0.3) is 0 Å². The van der Waals surface area contributed by atoms with E-state index in [1.54, 1.807) is 12.4 Å². The quantitative estimate of drug-likeness (QED) is 0.797. The number of aromatic nitrogens is 1. The van der Waals surface area contributed by atoms with Crippen molar-refractivity contribution in [3.05, 3.63) is 28.5 Å². The highest BCUT2D eigenvalue weighted by Gasteiger charge is 2.52. The zero-order valence-corrected chi connectivity index (χ0v) is 16.0. The first kappa shape index (κ1) is 17.8. The number of nitriles is 1. The van der Waals surface area contributed by atoms with Crippen molar-refractivity contribution >= 4 is 15.9 Å². The molecule has 0 amide bonds. The number of hydrogen-bond acceptors (Lipinski definition) is 5. The molecule has 0 saturated carbocycles. The summed E-state index contributed by atoms with van der Waals surface area (Å²) in [5.74, 6) is 0. The maximum absolute atomic E-state index is 10.5. The number of aliphatic hydroxyl groups excluding tert-OH is 1. The molecule has 5 nitrogen and oxygen atoms in total. The Kier molecular flexibility index (Phi) is 4.73. The molecule has 2 aliphatic rings. The third-order valence-electron chi connectivity index (χ3n) is 5.03. The van der Waals surface area contributed by atoms with Crippen LogP contribution in [0.5, 0.6) is 0 Å². The van der Waals surface area contributed by atoms with E-state index in [1.807, 2.05) is 26.8 Å². The van der Waals surface area contributed by atoms with Crippen LogP contribution in [0, 0.1) is 11.3 Å². The second-order valence-electron chi connectivity index (χ2n) is 7.88. The van der Waals surface area contributed by atoms with Crippen molar-refractivity contribution in [1.29, 1.82) is 5.26 Å². The fourth-order valence-electron chi connectivity index (χ4n) is 4.09. The Labute approximate surface area is 151 Å². The highest BCUT2D eigenvalue weighted by molar-refractivity contribution is 9.10. The fourth-order valence-corrected chi connectivity index (χ4v) is 4.45. The topological polar surface area (TPSA) is 69.4 Å². The van der Waals surface area contributed by atoms with E-state index >= 15 is 0 Å². The number of fused-ring (bicyclic) bond motifs is 2. The van der Waals surface area contributed by atoms with Crippen LogP contribution in [0.3, 0.4) is 0 Å². The fraction of sp³-hybridized carbons (Fsp3) is 0.667. The van der Waals surface area contributed by atoms with E-state index in [-0.39, 0.29) is 12.1 Å². The summed E-state index contributed by atoms with van der Waals surface area (Å²) in [6.45, 7) is 5.82. The lowest BCUT2D eigenvalue weighted by Crippen LogP contribution is -2.55. The van der Waals surface area contributed by atoms with Crippen molar-refractivity contribution in [2.75, 3.05) is 0 Å². The van der Waals surface area contributed by atoms with Crippen molar-refractivity contribution < 1.29 is 9.84 Å². The summed E-state index contributed by atoms with van der Waals surface area (Å²) >= 11 is 3.45. The van der Waals surface area contributed by atoms with Crippen LogP contribution in [-0.2, 0) is 10.2 Å². The number of piperidine rings is 1. The highest BCUT2D eigenvalue weighted by Crippen LogP contribution is 2.48. The van der Waals surface area contributed by atoms with Gasteiger partial charge in [0.25, 0.3) is 0 Å². The molecule has 2 bridgehead atoms. The molecule has 2 saturated heterocycles. The molecule has 0 radical (unpaired) electrons. The van der Waals surface area contributed by atoms with Crippen molar-refractivity contribution in [1.82, 2.24) is 9.88 Å². The van der Waals surface area contributed by atoms with Gasteiger partial charge >= 0.3 is 0 Å². The summed E-state index contributed by atoms with van der Waals surface area (Å²) in [6, 6.07) is 4.86. The molecule has 130 valence electrons. The molecule has 3 atom stereocenters. The minimum atomic E-state index is -0.917. The van der Waals surface area contributed by atoms with Gasteiger partial charge < -0.3 is 9.84 Å². The molecule has 24 heavy (non-hydrogen) atoms. The number of rotatable bonds is 3. The summed E-state index contributed by atoms with van der Waals surface area (Å²) in [5.41, 5.74) is 0.0133. The highest BCUT2D eigenvalue weighted by atomic mass is 79.9. The van der Waals surface area contributed by atoms with Crippen molar-refractivity contribution in [3.63, 3.8) is 0 Å². The molecule has 2 fully saturated rings. The van der Waals surface area contributed by atoms with Gasteiger partial charge in [0.15, 0.2) is 0 Å². The van der Waals surface area contributed by atoms with Crippen LogP contribution < -0.4 is 0 Å². The maximum atomic E-state index is 10.5. The molecule has 6 heteroatoms. The van der Waals surface area contributed by atoms with E-state index in [0.717, 1.165) is 22.9 Å². The molecular weight excluding hydrogens is 370 g/mol. The molecule has 0 spiro atoms. The molecule has 1 aromatic heterocycles. The van der Waals surface area contributed by atoms with E-state index in [1.165, 1.54) is 0 Å². The van der Waals surface area contributed by atoms with E-state index in [4.69, 9.17) is 4.74 Å². The lowest BCUT2D eigenvalue weighted by atomic mass is 9.71. The molecule has 3 heterocycles. The average Bonchev–Trinajstić information content (AvgIpc) is 2.77. The summed E-state index contributed by atoms with van der Waals surface area (Å²) in [6.07, 6.45) is 5.98. The first-order chi connectivity index (χ1) is 11.2. The van der Waals surface area contributed by atoms with E-state index in [2.05, 4.69) is 31.9 Å². The second-order valence-corrected chi connectivity index (χ2v) is 8.80. The van der Waals surface area contributed by atoms with Gasteiger partial charge in [-0.2, -0.15) is 5.26 Å². The number of hydrogen-bond donors (Lipinski definition) is 1. The molecule has 1 N–H and O–H groups in total. The lowest BCUT2D eigenvalue weighted by molar-refractivity contribution is -0.257.